The topological polar surface area (TPSA) is 61.6 Å². The van der Waals surface area contributed by atoms with Crippen LogP contribution in [0.4, 0.5) is 0 Å². The summed E-state index contributed by atoms with van der Waals surface area (Å²) in [5.41, 5.74) is 8.40. The lowest BCUT2D eigenvalue weighted by atomic mass is 10.1. The molecular weight excluding hydrogens is 218 g/mol. The summed E-state index contributed by atoms with van der Waals surface area (Å²) in [4.78, 5) is 11.3. The number of benzene rings is 1. The van der Waals surface area contributed by atoms with Crippen LogP contribution in [0.15, 0.2) is 18.2 Å². The Morgan fingerprint density at radius 2 is 2.24 bits per heavy atom. The highest BCUT2D eigenvalue weighted by Gasteiger charge is 2.29. The highest BCUT2D eigenvalue weighted by atomic mass is 16.6. The van der Waals surface area contributed by atoms with Crippen molar-refractivity contribution < 1.29 is 14.3 Å². The van der Waals surface area contributed by atoms with Crippen LogP contribution in [-0.4, -0.2) is 18.7 Å². The number of hydrogen-bond donors (Lipinski definition) is 1. The summed E-state index contributed by atoms with van der Waals surface area (Å²) in [6.07, 6.45) is 2.17. The molecule has 1 aromatic carbocycles. The zero-order valence-electron chi connectivity index (χ0n) is 9.52. The maximum atomic E-state index is 11.3. The highest BCUT2D eigenvalue weighted by molar-refractivity contribution is 5.76. The van der Waals surface area contributed by atoms with Crippen LogP contribution < -0.4 is 10.5 Å². The molecule has 2 aliphatic rings. The lowest BCUT2D eigenvalue weighted by Gasteiger charge is -2.11. The zero-order chi connectivity index (χ0) is 11.8. The molecule has 90 valence electrons. The Bertz CT molecular complexity index is 458. The van der Waals surface area contributed by atoms with Gasteiger partial charge >= 0.3 is 5.97 Å². The van der Waals surface area contributed by atoms with Crippen molar-refractivity contribution in [3.05, 3.63) is 29.3 Å². The van der Waals surface area contributed by atoms with E-state index < -0.39 is 6.10 Å². The Kier molecular flexibility index (Phi) is 2.52. The van der Waals surface area contributed by atoms with Crippen LogP contribution in [-0.2, 0) is 16.0 Å². The normalized spacial score (nSPS) is 26.8. The van der Waals surface area contributed by atoms with Gasteiger partial charge in [0.1, 0.15) is 5.75 Å². The van der Waals surface area contributed by atoms with E-state index >= 15 is 0 Å². The number of hydrogen-bond acceptors (Lipinski definition) is 4. The molecule has 1 fully saturated rings. The predicted octanol–water partition coefficient (Wildman–Crippen LogP) is 1.33. The molecule has 0 spiro atoms. The highest BCUT2D eigenvalue weighted by Crippen LogP contribution is 2.32. The Morgan fingerprint density at radius 3 is 3.00 bits per heavy atom. The van der Waals surface area contributed by atoms with Gasteiger partial charge in [-0.2, -0.15) is 0 Å². The summed E-state index contributed by atoms with van der Waals surface area (Å²) in [5.74, 6) is 0.476. The number of rotatable bonds is 2. The fraction of sp³-hybridized carbons (Fsp3) is 0.462. The van der Waals surface area contributed by atoms with E-state index in [4.69, 9.17) is 15.2 Å². The third kappa shape index (κ3) is 1.89. The SMILES string of the molecule is N[C@@H]1CCc2cc(OC3CCOC3=O)ccc21. The molecule has 0 aromatic heterocycles. The molecule has 1 aliphatic heterocycles. The van der Waals surface area contributed by atoms with Gasteiger partial charge in [0.15, 0.2) is 6.10 Å². The number of carbonyl (C=O) groups is 1. The van der Waals surface area contributed by atoms with E-state index in [0.29, 0.717) is 13.0 Å². The first-order valence-electron chi connectivity index (χ1n) is 5.96. The molecule has 1 saturated heterocycles. The molecule has 1 heterocycles. The largest absolute Gasteiger partial charge is 0.479 e. The number of ether oxygens (including phenoxy) is 2. The van der Waals surface area contributed by atoms with Gasteiger partial charge in [0, 0.05) is 12.5 Å². The number of esters is 1. The molecule has 1 aromatic rings. The molecule has 1 unspecified atom stereocenters. The molecular formula is C13H15NO3. The standard InChI is InChI=1S/C13H15NO3/c14-11-4-1-8-7-9(2-3-10(8)11)17-12-5-6-16-13(12)15/h2-3,7,11-12H,1,4-6,14H2/t11-,12?/m1/s1. The van der Waals surface area contributed by atoms with Crippen LogP contribution in [0.2, 0.25) is 0 Å². The van der Waals surface area contributed by atoms with E-state index in [-0.39, 0.29) is 12.0 Å². The van der Waals surface area contributed by atoms with Gasteiger partial charge in [-0.3, -0.25) is 0 Å². The fourth-order valence-corrected chi connectivity index (χ4v) is 2.45. The van der Waals surface area contributed by atoms with Crippen LogP contribution in [0.3, 0.4) is 0 Å². The van der Waals surface area contributed by atoms with Crippen LogP contribution in [0.25, 0.3) is 0 Å². The minimum Gasteiger partial charge on any atom is -0.479 e. The summed E-state index contributed by atoms with van der Waals surface area (Å²) >= 11 is 0. The molecule has 0 saturated carbocycles. The number of aryl methyl sites for hydroxylation is 1. The van der Waals surface area contributed by atoms with Gasteiger partial charge in [0.2, 0.25) is 0 Å². The van der Waals surface area contributed by atoms with E-state index in [1.807, 2.05) is 18.2 Å². The summed E-state index contributed by atoms with van der Waals surface area (Å²) in [6, 6.07) is 6.03. The predicted molar refractivity (Wildman–Crippen MR) is 61.7 cm³/mol. The number of cyclic esters (lactones) is 1. The monoisotopic (exact) mass is 233 g/mol. The molecule has 3 rings (SSSR count). The second-order valence-corrected chi connectivity index (χ2v) is 4.57. The number of carbonyl (C=O) groups excluding carboxylic acids is 1. The zero-order valence-corrected chi connectivity index (χ0v) is 9.52. The van der Waals surface area contributed by atoms with Crippen LogP contribution in [0.5, 0.6) is 5.75 Å². The Morgan fingerprint density at radius 1 is 1.35 bits per heavy atom. The number of nitrogens with two attached hydrogens (primary N) is 1. The molecule has 4 nitrogen and oxygen atoms in total. The van der Waals surface area contributed by atoms with Gasteiger partial charge < -0.3 is 15.2 Å². The van der Waals surface area contributed by atoms with Gasteiger partial charge in [0.05, 0.1) is 6.61 Å². The fourth-order valence-electron chi connectivity index (χ4n) is 2.45. The summed E-state index contributed by atoms with van der Waals surface area (Å²) < 4.78 is 10.5. The lowest BCUT2D eigenvalue weighted by Crippen LogP contribution is -2.21. The van der Waals surface area contributed by atoms with E-state index in [2.05, 4.69) is 0 Å². The first kappa shape index (κ1) is 10.6. The van der Waals surface area contributed by atoms with Gasteiger partial charge in [0.25, 0.3) is 0 Å². The van der Waals surface area contributed by atoms with Crippen molar-refractivity contribution in [1.82, 2.24) is 0 Å². The molecule has 0 amide bonds. The molecule has 1 aliphatic carbocycles. The first-order valence-corrected chi connectivity index (χ1v) is 5.96. The maximum absolute atomic E-state index is 11.3. The van der Waals surface area contributed by atoms with Crippen molar-refractivity contribution in [2.45, 2.75) is 31.4 Å². The van der Waals surface area contributed by atoms with E-state index in [0.717, 1.165) is 18.6 Å². The maximum Gasteiger partial charge on any atom is 0.347 e. The van der Waals surface area contributed by atoms with Crippen LogP contribution >= 0.6 is 0 Å². The Labute approximate surface area is 99.7 Å². The molecule has 0 radical (unpaired) electrons. The Hall–Kier alpha value is -1.55. The summed E-state index contributed by atoms with van der Waals surface area (Å²) in [7, 11) is 0. The van der Waals surface area contributed by atoms with E-state index in [1.165, 1.54) is 11.1 Å². The average Bonchev–Trinajstić information content (AvgIpc) is 2.87. The average molecular weight is 233 g/mol. The Balaban J connectivity index is 1.78. The third-order valence-corrected chi connectivity index (χ3v) is 3.40. The molecule has 17 heavy (non-hydrogen) atoms. The van der Waals surface area contributed by atoms with Crippen molar-refractivity contribution in [1.29, 1.82) is 0 Å². The smallest absolute Gasteiger partial charge is 0.347 e. The molecule has 2 N–H and O–H groups in total. The van der Waals surface area contributed by atoms with Gasteiger partial charge in [-0.05, 0) is 36.1 Å². The molecule has 4 heteroatoms. The molecule has 0 bridgehead atoms. The van der Waals surface area contributed by atoms with Crippen molar-refractivity contribution in [3.8, 4) is 5.75 Å². The van der Waals surface area contributed by atoms with E-state index in [1.54, 1.807) is 0 Å². The van der Waals surface area contributed by atoms with Crippen molar-refractivity contribution >= 4 is 5.97 Å². The summed E-state index contributed by atoms with van der Waals surface area (Å²) in [5, 5.41) is 0. The summed E-state index contributed by atoms with van der Waals surface area (Å²) in [6.45, 7) is 0.458. The quantitative estimate of drug-likeness (QED) is 0.783. The van der Waals surface area contributed by atoms with Crippen LogP contribution in [0.1, 0.15) is 30.0 Å². The van der Waals surface area contributed by atoms with Crippen molar-refractivity contribution in [2.75, 3.05) is 6.61 Å². The van der Waals surface area contributed by atoms with Gasteiger partial charge in [-0.1, -0.05) is 6.07 Å². The lowest BCUT2D eigenvalue weighted by molar-refractivity contribution is -0.143. The van der Waals surface area contributed by atoms with Crippen molar-refractivity contribution in [2.24, 2.45) is 5.73 Å². The van der Waals surface area contributed by atoms with Crippen molar-refractivity contribution in [3.63, 3.8) is 0 Å². The first-order chi connectivity index (χ1) is 8.24. The van der Waals surface area contributed by atoms with E-state index in [9.17, 15) is 4.79 Å². The van der Waals surface area contributed by atoms with Gasteiger partial charge in [-0.15, -0.1) is 0 Å². The van der Waals surface area contributed by atoms with Gasteiger partial charge in [-0.25, -0.2) is 4.79 Å². The minimum absolute atomic E-state index is 0.149. The third-order valence-electron chi connectivity index (χ3n) is 3.40. The minimum atomic E-state index is -0.442. The second kappa shape index (κ2) is 4.04. The second-order valence-electron chi connectivity index (χ2n) is 4.57. The van der Waals surface area contributed by atoms with Crippen LogP contribution in [0, 0.1) is 0 Å². The number of fused-ring (bicyclic) bond motifs is 1. The molecule has 2 atom stereocenters.